The predicted molar refractivity (Wildman–Crippen MR) is 63.8 cm³/mol. The molecule has 2 nitrogen and oxygen atoms in total. The van der Waals surface area contributed by atoms with Gasteiger partial charge in [0.25, 0.3) is 0 Å². The highest BCUT2D eigenvalue weighted by molar-refractivity contribution is 5.22. The topological polar surface area (TPSA) is 29.3 Å². The molecule has 0 radical (unpaired) electrons. The van der Waals surface area contributed by atoms with Crippen molar-refractivity contribution in [3.8, 4) is 0 Å². The van der Waals surface area contributed by atoms with Gasteiger partial charge in [0.15, 0.2) is 0 Å². The maximum atomic E-state index is 12.5. The smallest absolute Gasteiger partial charge is 0.326 e. The second-order valence-electron chi connectivity index (χ2n) is 4.77. The second-order valence-corrected chi connectivity index (χ2v) is 4.77. The molecule has 0 spiro atoms. The first-order valence-electron chi connectivity index (χ1n) is 6.06. The molecule has 0 amide bonds. The van der Waals surface area contributed by atoms with Crippen LogP contribution in [-0.2, 0) is 13.1 Å². The minimum atomic E-state index is -4.13. The number of rotatable bonds is 5. The third kappa shape index (κ3) is 3.99. The minimum Gasteiger partial charge on any atom is -0.326 e. The maximum absolute atomic E-state index is 12.5. The molecule has 0 unspecified atom stereocenters. The Morgan fingerprint density at radius 2 is 1.67 bits per heavy atom. The second kappa shape index (κ2) is 5.28. The molecule has 1 aromatic carbocycles. The van der Waals surface area contributed by atoms with Crippen LogP contribution >= 0.6 is 0 Å². The molecule has 0 saturated heterocycles. The van der Waals surface area contributed by atoms with Gasteiger partial charge in [-0.15, -0.1) is 0 Å². The summed E-state index contributed by atoms with van der Waals surface area (Å²) in [5, 5.41) is 0. The third-order valence-corrected chi connectivity index (χ3v) is 3.09. The Hall–Kier alpha value is -1.07. The van der Waals surface area contributed by atoms with Crippen LogP contribution in [0, 0.1) is 0 Å². The summed E-state index contributed by atoms with van der Waals surface area (Å²) in [7, 11) is 0. The summed E-state index contributed by atoms with van der Waals surface area (Å²) in [5.74, 6) is 0. The summed E-state index contributed by atoms with van der Waals surface area (Å²) in [5.41, 5.74) is 7.38. The highest BCUT2D eigenvalue weighted by atomic mass is 19.4. The lowest BCUT2D eigenvalue weighted by Crippen LogP contribution is -2.35. The van der Waals surface area contributed by atoms with Crippen molar-refractivity contribution in [2.75, 3.05) is 6.54 Å². The minimum absolute atomic E-state index is 0.0980. The van der Waals surface area contributed by atoms with Crippen molar-refractivity contribution in [3.05, 3.63) is 35.4 Å². The number of hydrogen-bond donors (Lipinski definition) is 1. The Labute approximate surface area is 105 Å². The number of alkyl halides is 3. The largest absolute Gasteiger partial charge is 0.401 e. The van der Waals surface area contributed by atoms with E-state index in [1.807, 2.05) is 24.3 Å². The molecule has 2 N–H and O–H groups in total. The molecule has 1 fully saturated rings. The molecule has 18 heavy (non-hydrogen) atoms. The summed E-state index contributed by atoms with van der Waals surface area (Å²) in [4.78, 5) is 1.51. The van der Waals surface area contributed by atoms with Crippen LogP contribution in [0.15, 0.2) is 24.3 Å². The number of benzene rings is 1. The lowest BCUT2D eigenvalue weighted by Gasteiger charge is -2.23. The summed E-state index contributed by atoms with van der Waals surface area (Å²) in [6.07, 6.45) is -2.38. The van der Waals surface area contributed by atoms with E-state index >= 15 is 0 Å². The van der Waals surface area contributed by atoms with Gasteiger partial charge in [-0.3, -0.25) is 4.90 Å². The Morgan fingerprint density at radius 1 is 1.11 bits per heavy atom. The molecular formula is C13H17F3N2. The zero-order valence-corrected chi connectivity index (χ0v) is 10.1. The average molecular weight is 258 g/mol. The highest BCUT2D eigenvalue weighted by Gasteiger charge is 2.37. The Kier molecular flexibility index (Phi) is 3.92. The monoisotopic (exact) mass is 258 g/mol. The van der Waals surface area contributed by atoms with Crippen molar-refractivity contribution < 1.29 is 13.2 Å². The van der Waals surface area contributed by atoms with Crippen LogP contribution in [0.4, 0.5) is 13.2 Å². The van der Waals surface area contributed by atoms with Gasteiger partial charge >= 0.3 is 6.18 Å². The van der Waals surface area contributed by atoms with Gasteiger partial charge in [-0.25, -0.2) is 0 Å². The van der Waals surface area contributed by atoms with Gasteiger partial charge in [-0.1, -0.05) is 24.3 Å². The van der Waals surface area contributed by atoms with Crippen molar-refractivity contribution in [2.24, 2.45) is 5.73 Å². The first-order chi connectivity index (χ1) is 8.48. The maximum Gasteiger partial charge on any atom is 0.401 e. The van der Waals surface area contributed by atoms with E-state index in [2.05, 4.69) is 0 Å². The Balaban J connectivity index is 1.99. The van der Waals surface area contributed by atoms with E-state index in [1.165, 1.54) is 4.90 Å². The molecule has 5 heteroatoms. The lowest BCUT2D eigenvalue weighted by molar-refractivity contribution is -0.148. The van der Waals surface area contributed by atoms with Crippen LogP contribution in [0.2, 0.25) is 0 Å². The number of halogens is 3. The van der Waals surface area contributed by atoms with Crippen LogP contribution in [0.25, 0.3) is 0 Å². The van der Waals surface area contributed by atoms with Gasteiger partial charge in [0, 0.05) is 19.1 Å². The number of hydrogen-bond acceptors (Lipinski definition) is 2. The molecule has 1 saturated carbocycles. The van der Waals surface area contributed by atoms with Crippen LogP contribution in [0.3, 0.4) is 0 Å². The van der Waals surface area contributed by atoms with E-state index < -0.39 is 12.7 Å². The van der Waals surface area contributed by atoms with E-state index in [1.54, 1.807) is 0 Å². The summed E-state index contributed by atoms with van der Waals surface area (Å²) < 4.78 is 37.4. The normalized spacial score (nSPS) is 16.3. The van der Waals surface area contributed by atoms with E-state index in [0.717, 1.165) is 24.0 Å². The Morgan fingerprint density at radius 3 is 2.11 bits per heavy atom. The molecule has 0 atom stereocenters. The number of nitrogens with two attached hydrogens (primary N) is 1. The molecule has 1 aliphatic carbocycles. The molecule has 0 aromatic heterocycles. The number of nitrogens with zero attached hydrogens (tertiary/aromatic N) is 1. The van der Waals surface area contributed by atoms with Gasteiger partial charge < -0.3 is 5.73 Å². The summed E-state index contributed by atoms with van der Waals surface area (Å²) in [6.45, 7) is -0.0134. The molecule has 1 aliphatic rings. The van der Waals surface area contributed by atoms with E-state index in [0.29, 0.717) is 13.1 Å². The van der Waals surface area contributed by atoms with Gasteiger partial charge in [0.1, 0.15) is 0 Å². The van der Waals surface area contributed by atoms with Crippen molar-refractivity contribution in [3.63, 3.8) is 0 Å². The van der Waals surface area contributed by atoms with E-state index in [9.17, 15) is 13.2 Å². The zero-order valence-electron chi connectivity index (χ0n) is 10.1. The van der Waals surface area contributed by atoms with Crippen molar-refractivity contribution >= 4 is 0 Å². The van der Waals surface area contributed by atoms with Crippen molar-refractivity contribution in [1.29, 1.82) is 0 Å². The van der Waals surface area contributed by atoms with E-state index in [4.69, 9.17) is 5.73 Å². The van der Waals surface area contributed by atoms with Crippen molar-refractivity contribution in [2.45, 2.75) is 38.1 Å². The summed E-state index contributed by atoms with van der Waals surface area (Å²) in [6, 6.07) is 7.55. The fourth-order valence-corrected chi connectivity index (χ4v) is 2.00. The summed E-state index contributed by atoms with van der Waals surface area (Å²) >= 11 is 0. The first-order valence-corrected chi connectivity index (χ1v) is 6.06. The fourth-order valence-electron chi connectivity index (χ4n) is 2.00. The third-order valence-electron chi connectivity index (χ3n) is 3.09. The lowest BCUT2D eigenvalue weighted by atomic mass is 10.1. The van der Waals surface area contributed by atoms with Crippen LogP contribution in [-0.4, -0.2) is 23.7 Å². The molecule has 0 heterocycles. The van der Waals surface area contributed by atoms with Crippen LogP contribution in [0.5, 0.6) is 0 Å². The zero-order chi connectivity index (χ0) is 13.2. The quantitative estimate of drug-likeness (QED) is 0.879. The molecular weight excluding hydrogens is 241 g/mol. The average Bonchev–Trinajstić information content (AvgIpc) is 3.11. The van der Waals surface area contributed by atoms with Gasteiger partial charge in [-0.2, -0.15) is 13.2 Å². The molecule has 1 aromatic rings. The Bertz CT molecular complexity index is 382. The molecule has 0 bridgehead atoms. The highest BCUT2D eigenvalue weighted by Crippen LogP contribution is 2.31. The van der Waals surface area contributed by atoms with Gasteiger partial charge in [-0.05, 0) is 24.0 Å². The SMILES string of the molecule is NCc1ccc(CN(CC(F)(F)F)C2CC2)cc1. The van der Waals surface area contributed by atoms with E-state index in [-0.39, 0.29) is 6.04 Å². The van der Waals surface area contributed by atoms with Gasteiger partial charge in [0.05, 0.1) is 6.54 Å². The fraction of sp³-hybridized carbons (Fsp3) is 0.538. The molecule has 100 valence electrons. The standard InChI is InChI=1S/C13H17F3N2/c14-13(15,16)9-18(12-5-6-12)8-11-3-1-10(7-17)2-4-11/h1-4,12H,5-9,17H2. The first kappa shape index (κ1) is 13.4. The van der Waals surface area contributed by atoms with Crippen LogP contribution in [0.1, 0.15) is 24.0 Å². The predicted octanol–water partition coefficient (Wildman–Crippen LogP) is 2.67. The molecule has 0 aliphatic heterocycles. The van der Waals surface area contributed by atoms with Gasteiger partial charge in [0.2, 0.25) is 0 Å². The van der Waals surface area contributed by atoms with Crippen molar-refractivity contribution in [1.82, 2.24) is 4.90 Å². The van der Waals surface area contributed by atoms with Crippen LogP contribution < -0.4 is 5.73 Å². The molecule has 2 rings (SSSR count).